The van der Waals surface area contributed by atoms with Gasteiger partial charge in [-0.3, -0.25) is 4.79 Å². The quantitative estimate of drug-likeness (QED) is 0.837. The molecule has 0 radical (unpaired) electrons. The van der Waals surface area contributed by atoms with Crippen molar-refractivity contribution in [2.24, 2.45) is 0 Å². The molecule has 2 N–H and O–H groups in total. The van der Waals surface area contributed by atoms with Gasteiger partial charge in [-0.25, -0.2) is 13.1 Å². The molecule has 2 aromatic rings. The number of H-pyrrole nitrogens is 1. The Kier molecular flexibility index (Phi) is 5.63. The minimum Gasteiger partial charge on any atom is -0.496 e. The number of aromatic amines is 1. The fourth-order valence-corrected chi connectivity index (χ4v) is 3.18. The first-order valence-corrected chi connectivity index (χ1v) is 10.2. The van der Waals surface area contributed by atoms with E-state index in [0.717, 1.165) is 17.5 Å². The molecule has 7 heteroatoms. The van der Waals surface area contributed by atoms with Crippen molar-refractivity contribution < 1.29 is 13.2 Å². The SMILES string of the molecule is COc1cc(CNS(C)(=O)=O)c(-c2ccc(C)[nH]c2=O)cc1C(C)(C)C. The smallest absolute Gasteiger partial charge is 0.256 e. The third-order valence-electron chi connectivity index (χ3n) is 4.10. The van der Waals surface area contributed by atoms with Gasteiger partial charge in [-0.1, -0.05) is 20.8 Å². The third-order valence-corrected chi connectivity index (χ3v) is 4.77. The van der Waals surface area contributed by atoms with Crippen LogP contribution in [0.3, 0.4) is 0 Å². The van der Waals surface area contributed by atoms with Crippen LogP contribution >= 0.6 is 0 Å². The molecule has 0 aliphatic carbocycles. The van der Waals surface area contributed by atoms with E-state index in [4.69, 9.17) is 4.74 Å². The molecule has 0 aliphatic heterocycles. The molecule has 0 saturated carbocycles. The van der Waals surface area contributed by atoms with Crippen molar-refractivity contribution in [3.05, 3.63) is 51.4 Å². The maximum atomic E-state index is 12.5. The van der Waals surface area contributed by atoms with Gasteiger partial charge in [0.25, 0.3) is 5.56 Å². The van der Waals surface area contributed by atoms with Crippen LogP contribution in [0.2, 0.25) is 0 Å². The highest BCUT2D eigenvalue weighted by molar-refractivity contribution is 7.88. The van der Waals surface area contributed by atoms with Gasteiger partial charge in [-0.2, -0.15) is 0 Å². The second-order valence-electron chi connectivity index (χ2n) is 7.44. The average Bonchev–Trinajstić information content (AvgIpc) is 2.50. The van der Waals surface area contributed by atoms with E-state index in [1.165, 1.54) is 0 Å². The molecule has 6 nitrogen and oxygen atoms in total. The lowest BCUT2D eigenvalue weighted by Crippen LogP contribution is -2.23. The van der Waals surface area contributed by atoms with E-state index in [1.54, 1.807) is 19.2 Å². The maximum absolute atomic E-state index is 12.5. The Hall–Kier alpha value is -2.12. The summed E-state index contributed by atoms with van der Waals surface area (Å²) in [7, 11) is -1.79. The van der Waals surface area contributed by atoms with Gasteiger partial charge in [0.2, 0.25) is 10.0 Å². The normalized spacial score (nSPS) is 12.2. The summed E-state index contributed by atoms with van der Waals surface area (Å²) in [5.41, 5.74) is 3.14. The fourth-order valence-electron chi connectivity index (χ4n) is 2.77. The summed E-state index contributed by atoms with van der Waals surface area (Å²) in [6.45, 7) is 8.06. The molecule has 2 rings (SSSR count). The molecule has 1 heterocycles. The van der Waals surface area contributed by atoms with Crippen LogP contribution in [0.1, 0.15) is 37.6 Å². The van der Waals surface area contributed by atoms with Crippen molar-refractivity contribution in [2.75, 3.05) is 13.4 Å². The van der Waals surface area contributed by atoms with Crippen LogP contribution in [0, 0.1) is 6.92 Å². The van der Waals surface area contributed by atoms with Crippen LogP contribution in [0.15, 0.2) is 29.1 Å². The molecular formula is C19H26N2O4S. The zero-order chi connectivity index (χ0) is 19.7. The summed E-state index contributed by atoms with van der Waals surface area (Å²) >= 11 is 0. The lowest BCUT2D eigenvalue weighted by molar-refractivity contribution is 0.397. The number of pyridine rings is 1. The van der Waals surface area contributed by atoms with E-state index < -0.39 is 10.0 Å². The molecule has 142 valence electrons. The van der Waals surface area contributed by atoms with Gasteiger partial charge in [-0.15, -0.1) is 0 Å². The number of methoxy groups -OCH3 is 1. The van der Waals surface area contributed by atoms with Crippen molar-refractivity contribution in [2.45, 2.75) is 39.7 Å². The standard InChI is InChI=1S/C19H26N2O4S/c1-12-7-8-14(18(22)21-12)15-10-16(19(2,3)4)17(25-5)9-13(15)11-20-26(6,23)24/h7-10,20H,11H2,1-6H3,(H,21,22). The number of ether oxygens (including phenoxy) is 1. The van der Waals surface area contributed by atoms with Crippen molar-refractivity contribution in [1.82, 2.24) is 9.71 Å². The summed E-state index contributed by atoms with van der Waals surface area (Å²) in [4.78, 5) is 15.3. The molecule has 0 fully saturated rings. The topological polar surface area (TPSA) is 88.3 Å². The largest absolute Gasteiger partial charge is 0.496 e. The molecule has 0 atom stereocenters. The summed E-state index contributed by atoms with van der Waals surface area (Å²) in [5, 5.41) is 0. The van der Waals surface area contributed by atoms with Gasteiger partial charge in [-0.05, 0) is 47.7 Å². The van der Waals surface area contributed by atoms with Crippen LogP contribution in [0.5, 0.6) is 5.75 Å². The van der Waals surface area contributed by atoms with Crippen LogP contribution in [-0.4, -0.2) is 26.8 Å². The molecule has 0 bridgehead atoms. The molecule has 26 heavy (non-hydrogen) atoms. The first kappa shape index (κ1) is 20.2. The van der Waals surface area contributed by atoms with E-state index in [2.05, 4.69) is 30.5 Å². The first-order valence-electron chi connectivity index (χ1n) is 8.28. The van der Waals surface area contributed by atoms with Crippen molar-refractivity contribution in [3.8, 4) is 16.9 Å². The molecule has 0 unspecified atom stereocenters. The zero-order valence-electron chi connectivity index (χ0n) is 16.1. The number of rotatable bonds is 5. The molecule has 1 aromatic carbocycles. The summed E-state index contributed by atoms with van der Waals surface area (Å²) in [5.74, 6) is 0.662. The van der Waals surface area contributed by atoms with Gasteiger partial charge in [0.05, 0.1) is 13.4 Å². The minimum absolute atomic E-state index is 0.0717. The summed E-state index contributed by atoms with van der Waals surface area (Å²) in [6.07, 6.45) is 1.10. The van der Waals surface area contributed by atoms with Gasteiger partial charge in [0.15, 0.2) is 0 Å². The average molecular weight is 378 g/mol. The van der Waals surface area contributed by atoms with Gasteiger partial charge in [0, 0.05) is 23.4 Å². The van der Waals surface area contributed by atoms with E-state index in [0.29, 0.717) is 22.4 Å². The van der Waals surface area contributed by atoms with Crippen LogP contribution in [0.25, 0.3) is 11.1 Å². The monoisotopic (exact) mass is 378 g/mol. The van der Waals surface area contributed by atoms with E-state index in [9.17, 15) is 13.2 Å². The molecule has 0 saturated heterocycles. The molecule has 0 spiro atoms. The zero-order valence-corrected chi connectivity index (χ0v) is 16.9. The lowest BCUT2D eigenvalue weighted by Gasteiger charge is -2.24. The van der Waals surface area contributed by atoms with Crippen molar-refractivity contribution in [1.29, 1.82) is 0 Å². The number of aromatic nitrogens is 1. The Morgan fingerprint density at radius 3 is 2.31 bits per heavy atom. The van der Waals surface area contributed by atoms with Crippen molar-refractivity contribution >= 4 is 10.0 Å². The Balaban J connectivity index is 2.74. The molecule has 1 aromatic heterocycles. The Morgan fingerprint density at radius 1 is 1.15 bits per heavy atom. The maximum Gasteiger partial charge on any atom is 0.256 e. The number of hydrogen-bond donors (Lipinski definition) is 2. The number of aryl methyl sites for hydroxylation is 1. The molecule has 0 amide bonds. The minimum atomic E-state index is -3.37. The Bertz CT molecular complexity index is 970. The number of nitrogens with one attached hydrogen (secondary N) is 2. The Morgan fingerprint density at radius 2 is 1.81 bits per heavy atom. The summed E-state index contributed by atoms with van der Waals surface area (Å²) < 4.78 is 31.1. The molecular weight excluding hydrogens is 352 g/mol. The summed E-state index contributed by atoms with van der Waals surface area (Å²) in [6, 6.07) is 7.29. The van der Waals surface area contributed by atoms with Crippen LogP contribution < -0.4 is 15.0 Å². The number of hydrogen-bond acceptors (Lipinski definition) is 4. The molecule has 0 aliphatic rings. The van der Waals surface area contributed by atoms with E-state index in [1.807, 2.05) is 19.1 Å². The van der Waals surface area contributed by atoms with Gasteiger partial charge >= 0.3 is 0 Å². The van der Waals surface area contributed by atoms with E-state index in [-0.39, 0.29) is 17.5 Å². The number of benzene rings is 1. The number of sulfonamides is 1. The first-order chi connectivity index (χ1) is 11.9. The fraction of sp³-hybridized carbons (Fsp3) is 0.421. The lowest BCUT2D eigenvalue weighted by atomic mass is 9.83. The highest BCUT2D eigenvalue weighted by Gasteiger charge is 2.23. The second-order valence-corrected chi connectivity index (χ2v) is 9.27. The highest BCUT2D eigenvalue weighted by Crippen LogP contribution is 2.36. The third kappa shape index (κ3) is 4.74. The predicted molar refractivity (Wildman–Crippen MR) is 104 cm³/mol. The van der Waals surface area contributed by atoms with Gasteiger partial charge < -0.3 is 9.72 Å². The van der Waals surface area contributed by atoms with Crippen molar-refractivity contribution in [3.63, 3.8) is 0 Å². The predicted octanol–water partition coefficient (Wildman–Crippen LogP) is 2.71. The highest BCUT2D eigenvalue weighted by atomic mass is 32.2. The van der Waals surface area contributed by atoms with E-state index >= 15 is 0 Å². The van der Waals surface area contributed by atoms with Crippen LogP contribution in [-0.2, 0) is 22.0 Å². The van der Waals surface area contributed by atoms with Crippen LogP contribution in [0.4, 0.5) is 0 Å². The van der Waals surface area contributed by atoms with Gasteiger partial charge in [0.1, 0.15) is 5.75 Å². The Labute approximate surface area is 154 Å². The second kappa shape index (κ2) is 7.25.